The summed E-state index contributed by atoms with van der Waals surface area (Å²) in [5.74, 6) is -1.02. The molecule has 0 spiro atoms. The minimum atomic E-state index is -0.707. The van der Waals surface area contributed by atoms with Gasteiger partial charge in [0.05, 0.1) is 13.3 Å². The number of rotatable bonds is 6. The number of nitrogen functional groups attached to an aromatic ring is 2. The van der Waals surface area contributed by atoms with Gasteiger partial charge in [-0.3, -0.25) is 0 Å². The van der Waals surface area contributed by atoms with E-state index < -0.39 is 11.6 Å². The third kappa shape index (κ3) is 4.68. The van der Waals surface area contributed by atoms with Gasteiger partial charge in [-0.25, -0.2) is 14.4 Å². The molecule has 2 aromatic heterocycles. The van der Waals surface area contributed by atoms with Gasteiger partial charge in [-0.1, -0.05) is 0 Å². The molecule has 1 aromatic carbocycles. The van der Waals surface area contributed by atoms with Gasteiger partial charge in [0, 0.05) is 49.8 Å². The molecule has 4 rings (SSSR count). The highest BCUT2D eigenvalue weighted by atomic mass is 19.1. The Balaban J connectivity index is 1.43. The van der Waals surface area contributed by atoms with Crippen LogP contribution in [0.15, 0.2) is 30.7 Å². The van der Waals surface area contributed by atoms with Crippen molar-refractivity contribution in [3.8, 4) is 23.4 Å². The van der Waals surface area contributed by atoms with E-state index in [2.05, 4.69) is 19.9 Å². The number of hydrogen-bond acceptors (Lipinski definition) is 10. The molecule has 10 nitrogen and oxygen atoms in total. The van der Waals surface area contributed by atoms with Crippen molar-refractivity contribution in [3.63, 3.8) is 0 Å². The predicted molar refractivity (Wildman–Crippen MR) is 112 cm³/mol. The van der Waals surface area contributed by atoms with E-state index in [1.54, 1.807) is 17.0 Å². The van der Waals surface area contributed by atoms with Crippen LogP contribution in [0, 0.1) is 11.6 Å². The fraction of sp³-hybridized carbons (Fsp3) is 0.300. The minimum absolute atomic E-state index is 0.00353. The van der Waals surface area contributed by atoms with Gasteiger partial charge < -0.3 is 30.6 Å². The third-order valence-electron chi connectivity index (χ3n) is 4.85. The first-order valence-electron chi connectivity index (χ1n) is 9.75. The average molecular weight is 445 g/mol. The Hall–Kier alpha value is -3.96. The molecule has 1 aliphatic rings. The average Bonchev–Trinajstić information content (AvgIpc) is 2.78. The van der Waals surface area contributed by atoms with Gasteiger partial charge in [-0.15, -0.1) is 0 Å². The van der Waals surface area contributed by atoms with Crippen LogP contribution in [-0.4, -0.2) is 46.2 Å². The molecule has 0 aliphatic carbocycles. The van der Waals surface area contributed by atoms with Gasteiger partial charge in [0.15, 0.2) is 17.5 Å². The van der Waals surface area contributed by atoms with Crippen molar-refractivity contribution >= 4 is 17.3 Å². The Morgan fingerprint density at radius 3 is 2.50 bits per heavy atom. The summed E-state index contributed by atoms with van der Waals surface area (Å²) in [5.41, 5.74) is 11.7. The largest absolute Gasteiger partial charge is 0.497 e. The van der Waals surface area contributed by atoms with E-state index in [-0.39, 0.29) is 35.4 Å². The number of benzene rings is 1. The molecule has 3 heterocycles. The second kappa shape index (κ2) is 9.04. The lowest BCUT2D eigenvalue weighted by Crippen LogP contribution is -2.39. The summed E-state index contributed by atoms with van der Waals surface area (Å²) >= 11 is 0. The summed E-state index contributed by atoms with van der Waals surface area (Å²) in [7, 11) is 1.49. The maximum absolute atomic E-state index is 15.1. The first kappa shape index (κ1) is 21.3. The molecule has 32 heavy (non-hydrogen) atoms. The Morgan fingerprint density at radius 1 is 1.03 bits per heavy atom. The molecule has 4 N–H and O–H groups in total. The highest BCUT2D eigenvalue weighted by Gasteiger charge is 2.26. The van der Waals surface area contributed by atoms with Crippen molar-refractivity contribution in [2.24, 2.45) is 0 Å². The maximum atomic E-state index is 15.1. The summed E-state index contributed by atoms with van der Waals surface area (Å²) in [6.45, 7) is 0.918. The minimum Gasteiger partial charge on any atom is -0.497 e. The van der Waals surface area contributed by atoms with Gasteiger partial charge in [-0.05, 0) is 0 Å². The summed E-state index contributed by atoms with van der Waals surface area (Å²) in [6.07, 6.45) is 3.06. The molecule has 168 valence electrons. The highest BCUT2D eigenvalue weighted by Crippen LogP contribution is 2.32. The zero-order valence-corrected chi connectivity index (χ0v) is 17.2. The predicted octanol–water partition coefficient (Wildman–Crippen LogP) is 2.56. The molecule has 1 aliphatic heterocycles. The zero-order chi connectivity index (χ0) is 22.7. The van der Waals surface area contributed by atoms with Crippen LogP contribution < -0.4 is 30.6 Å². The van der Waals surface area contributed by atoms with Crippen LogP contribution in [0.3, 0.4) is 0 Å². The van der Waals surface area contributed by atoms with Crippen molar-refractivity contribution in [1.82, 2.24) is 19.9 Å². The van der Waals surface area contributed by atoms with Crippen LogP contribution in [0.5, 0.6) is 23.4 Å². The molecule has 3 aromatic rings. The number of halogens is 2. The van der Waals surface area contributed by atoms with E-state index in [9.17, 15) is 4.39 Å². The lowest BCUT2D eigenvalue weighted by atomic mass is 10.1. The van der Waals surface area contributed by atoms with Crippen LogP contribution in [-0.2, 0) is 0 Å². The second-order valence-corrected chi connectivity index (χ2v) is 7.05. The van der Waals surface area contributed by atoms with E-state index in [4.69, 9.17) is 25.7 Å². The Morgan fingerprint density at radius 2 is 1.78 bits per heavy atom. The Bertz CT molecular complexity index is 1110. The van der Waals surface area contributed by atoms with Crippen molar-refractivity contribution in [1.29, 1.82) is 0 Å². The summed E-state index contributed by atoms with van der Waals surface area (Å²) in [6, 6.07) is 4.73. The van der Waals surface area contributed by atoms with Gasteiger partial charge in [0.1, 0.15) is 23.9 Å². The molecule has 1 saturated heterocycles. The topological polar surface area (TPSA) is 135 Å². The van der Waals surface area contributed by atoms with Crippen LogP contribution in [0.25, 0.3) is 0 Å². The van der Waals surface area contributed by atoms with E-state index in [1.165, 1.54) is 19.5 Å². The van der Waals surface area contributed by atoms with Crippen molar-refractivity contribution in [2.45, 2.75) is 18.9 Å². The second-order valence-electron chi connectivity index (χ2n) is 7.05. The number of methoxy groups -OCH3 is 1. The van der Waals surface area contributed by atoms with Crippen molar-refractivity contribution < 1.29 is 23.0 Å². The SMILES string of the molecule is COc1cc(N)cc(Oc2ncnc(N3CCC(Oc4ncc(F)c(N)n4)CC3)c2F)c1. The van der Waals surface area contributed by atoms with E-state index in [0.717, 1.165) is 6.20 Å². The first-order valence-corrected chi connectivity index (χ1v) is 9.75. The quantitative estimate of drug-likeness (QED) is 0.545. The molecular weight excluding hydrogens is 424 g/mol. The number of hydrogen-bond donors (Lipinski definition) is 2. The maximum Gasteiger partial charge on any atom is 0.318 e. The van der Waals surface area contributed by atoms with E-state index in [1.807, 2.05) is 0 Å². The molecule has 1 fully saturated rings. The van der Waals surface area contributed by atoms with Gasteiger partial charge >= 0.3 is 6.01 Å². The van der Waals surface area contributed by atoms with Gasteiger partial charge in [-0.2, -0.15) is 14.4 Å². The van der Waals surface area contributed by atoms with E-state index in [0.29, 0.717) is 37.4 Å². The fourth-order valence-corrected chi connectivity index (χ4v) is 3.27. The summed E-state index contributed by atoms with van der Waals surface area (Å²) in [5, 5.41) is 0. The lowest BCUT2D eigenvalue weighted by Gasteiger charge is -2.32. The monoisotopic (exact) mass is 445 g/mol. The number of piperidine rings is 1. The van der Waals surface area contributed by atoms with Crippen LogP contribution in [0.1, 0.15) is 12.8 Å². The molecule has 12 heteroatoms. The van der Waals surface area contributed by atoms with E-state index >= 15 is 4.39 Å². The molecule has 0 radical (unpaired) electrons. The molecule has 0 amide bonds. The molecule has 0 unspecified atom stereocenters. The Labute approximate surface area is 182 Å². The number of nitrogens with two attached hydrogens (primary N) is 2. The van der Waals surface area contributed by atoms with Gasteiger partial charge in [0.25, 0.3) is 5.88 Å². The summed E-state index contributed by atoms with van der Waals surface area (Å²) in [4.78, 5) is 17.3. The molecule has 0 bridgehead atoms. The number of ether oxygens (including phenoxy) is 3. The Kier molecular flexibility index (Phi) is 6.01. The van der Waals surface area contributed by atoms with Crippen LogP contribution in [0.2, 0.25) is 0 Å². The van der Waals surface area contributed by atoms with Crippen LogP contribution >= 0.6 is 0 Å². The van der Waals surface area contributed by atoms with Crippen molar-refractivity contribution in [2.75, 3.05) is 36.6 Å². The normalized spacial score (nSPS) is 14.3. The van der Waals surface area contributed by atoms with Crippen molar-refractivity contribution in [3.05, 3.63) is 42.4 Å². The standard InChI is InChI=1S/C20H21F2N7O3/c1-30-13-6-11(23)7-14(8-13)31-19-16(22)18(26-10-27-19)29-4-2-12(3-5-29)32-20-25-9-15(21)17(24)28-20/h6-10,12H,2-5,23H2,1H3,(H2,24,25,28). The lowest BCUT2D eigenvalue weighted by molar-refractivity contribution is 0.156. The van der Waals surface area contributed by atoms with Gasteiger partial charge in [0.2, 0.25) is 5.82 Å². The highest BCUT2D eigenvalue weighted by molar-refractivity contribution is 5.52. The summed E-state index contributed by atoms with van der Waals surface area (Å²) < 4.78 is 44.7. The smallest absolute Gasteiger partial charge is 0.318 e. The van der Waals surface area contributed by atoms with Crippen LogP contribution in [0.4, 0.5) is 26.1 Å². The number of aromatic nitrogens is 4. The number of nitrogens with zero attached hydrogens (tertiary/aromatic N) is 5. The molecule has 0 atom stereocenters. The molecular formula is C20H21F2N7O3. The fourth-order valence-electron chi connectivity index (χ4n) is 3.27. The number of anilines is 3. The molecule has 0 saturated carbocycles. The first-order chi connectivity index (χ1) is 15.4. The zero-order valence-electron chi connectivity index (χ0n) is 17.2. The third-order valence-corrected chi connectivity index (χ3v) is 4.85.